The molecule has 1 unspecified atom stereocenters. The first-order valence-corrected chi connectivity index (χ1v) is 9.19. The molecule has 2 aromatic carbocycles. The van der Waals surface area contributed by atoms with E-state index in [9.17, 15) is 14.7 Å². The molecule has 0 amide bonds. The van der Waals surface area contributed by atoms with E-state index in [-0.39, 0.29) is 22.6 Å². The molecule has 0 saturated heterocycles. The highest BCUT2D eigenvalue weighted by Crippen LogP contribution is 2.28. The summed E-state index contributed by atoms with van der Waals surface area (Å²) in [6.45, 7) is 5.33. The second-order valence-electron chi connectivity index (χ2n) is 6.56. The van der Waals surface area contributed by atoms with E-state index in [4.69, 9.17) is 0 Å². The van der Waals surface area contributed by atoms with E-state index in [1.165, 1.54) is 11.6 Å². The Morgan fingerprint density at radius 2 is 1.79 bits per heavy atom. The molecule has 28 heavy (non-hydrogen) atoms. The fraction of sp³-hybridized carbons (Fsp3) is 0.227. The number of aliphatic hydroxyl groups is 1. The molecule has 0 aliphatic carbocycles. The van der Waals surface area contributed by atoms with Crippen molar-refractivity contribution >= 4 is 17.2 Å². The molecule has 0 fully saturated rings. The van der Waals surface area contributed by atoms with Crippen LogP contribution in [0.5, 0.6) is 0 Å². The molecule has 6 heteroatoms. The van der Waals surface area contributed by atoms with Crippen LogP contribution in [0.15, 0.2) is 59.4 Å². The lowest BCUT2D eigenvalue weighted by molar-refractivity contribution is 0.101. The Kier molecular flexibility index (Phi) is 5.70. The van der Waals surface area contributed by atoms with Gasteiger partial charge in [-0.3, -0.25) is 9.59 Å². The second-order valence-corrected chi connectivity index (χ2v) is 6.56. The predicted octanol–water partition coefficient (Wildman–Crippen LogP) is 3.93. The number of Topliss-reactive ketones (excluding diaryl/α,β-unsaturated/α-hetero) is 1. The van der Waals surface area contributed by atoms with Crippen LogP contribution in [0.1, 0.15) is 42.8 Å². The van der Waals surface area contributed by atoms with Gasteiger partial charge in [-0.05, 0) is 38.5 Å². The Morgan fingerprint density at radius 1 is 1.14 bits per heavy atom. The minimum atomic E-state index is -0.579. The number of benzene rings is 2. The fourth-order valence-corrected chi connectivity index (χ4v) is 3.03. The van der Waals surface area contributed by atoms with Crippen molar-refractivity contribution in [1.82, 2.24) is 9.78 Å². The molecule has 0 aliphatic heterocycles. The topological polar surface area (TPSA) is 84.2 Å². The molecule has 0 radical (unpaired) electrons. The zero-order chi connectivity index (χ0) is 20.3. The van der Waals surface area contributed by atoms with E-state index >= 15 is 0 Å². The molecule has 6 nitrogen and oxygen atoms in total. The van der Waals surface area contributed by atoms with E-state index in [1.54, 1.807) is 31.2 Å². The Balaban J connectivity index is 2.18. The molecule has 1 heterocycles. The van der Waals surface area contributed by atoms with Crippen LogP contribution in [0.3, 0.4) is 0 Å². The molecule has 1 aromatic heterocycles. The highest BCUT2D eigenvalue weighted by molar-refractivity contribution is 6.05. The minimum absolute atomic E-state index is 0.202. The largest absolute Gasteiger partial charge is 0.389 e. The summed E-state index contributed by atoms with van der Waals surface area (Å²) >= 11 is 0. The van der Waals surface area contributed by atoms with Crippen LogP contribution in [0.25, 0.3) is 11.3 Å². The van der Waals surface area contributed by atoms with E-state index in [2.05, 4.69) is 10.4 Å². The smallest absolute Gasteiger partial charge is 0.291 e. The predicted molar refractivity (Wildman–Crippen MR) is 110 cm³/mol. The third kappa shape index (κ3) is 3.87. The number of nitrogens with one attached hydrogen (secondary N) is 1. The second kappa shape index (κ2) is 8.19. The Bertz CT molecular complexity index is 1040. The monoisotopic (exact) mass is 377 g/mol. The molecule has 3 rings (SSSR count). The summed E-state index contributed by atoms with van der Waals surface area (Å²) < 4.78 is 1.35. The molecule has 144 valence electrons. The minimum Gasteiger partial charge on any atom is -0.389 e. The summed E-state index contributed by atoms with van der Waals surface area (Å²) in [6, 6.07) is 16.4. The molecule has 0 spiro atoms. The zero-order valence-corrected chi connectivity index (χ0v) is 16.1. The van der Waals surface area contributed by atoms with Gasteiger partial charge in [0.1, 0.15) is 11.4 Å². The van der Waals surface area contributed by atoms with Crippen molar-refractivity contribution in [3.8, 4) is 11.3 Å². The van der Waals surface area contributed by atoms with Crippen molar-refractivity contribution in [1.29, 1.82) is 0 Å². The number of aromatic nitrogens is 2. The van der Waals surface area contributed by atoms with Gasteiger partial charge in [0.05, 0.1) is 11.7 Å². The van der Waals surface area contributed by atoms with Crippen molar-refractivity contribution in [2.75, 3.05) is 5.32 Å². The van der Waals surface area contributed by atoms with Crippen LogP contribution >= 0.6 is 0 Å². The maximum atomic E-state index is 12.9. The number of ketones is 1. The van der Waals surface area contributed by atoms with Gasteiger partial charge in [-0.15, -0.1) is 0 Å². The Hall–Kier alpha value is -3.25. The van der Waals surface area contributed by atoms with Crippen molar-refractivity contribution in [2.45, 2.75) is 33.4 Å². The Labute approximate surface area is 163 Å². The van der Waals surface area contributed by atoms with Crippen molar-refractivity contribution in [2.24, 2.45) is 0 Å². The van der Waals surface area contributed by atoms with E-state index in [0.717, 1.165) is 11.1 Å². The summed E-state index contributed by atoms with van der Waals surface area (Å²) in [6.07, 6.45) is -0.579. The molecule has 0 bridgehead atoms. The zero-order valence-electron chi connectivity index (χ0n) is 16.1. The summed E-state index contributed by atoms with van der Waals surface area (Å²) in [5.41, 5.74) is 2.76. The van der Waals surface area contributed by atoms with E-state index in [0.29, 0.717) is 17.9 Å². The number of rotatable bonds is 6. The third-order valence-electron chi connectivity index (χ3n) is 4.52. The van der Waals surface area contributed by atoms with Gasteiger partial charge in [0, 0.05) is 17.8 Å². The summed E-state index contributed by atoms with van der Waals surface area (Å²) in [4.78, 5) is 25.4. The number of anilines is 2. The van der Waals surface area contributed by atoms with Crippen LogP contribution in [-0.4, -0.2) is 20.7 Å². The van der Waals surface area contributed by atoms with Crippen LogP contribution < -0.4 is 10.9 Å². The highest BCUT2D eigenvalue weighted by atomic mass is 16.3. The third-order valence-corrected chi connectivity index (χ3v) is 4.52. The van der Waals surface area contributed by atoms with Crippen LogP contribution in [0.4, 0.5) is 11.4 Å². The Morgan fingerprint density at radius 3 is 2.32 bits per heavy atom. The quantitative estimate of drug-likeness (QED) is 0.636. The lowest BCUT2D eigenvalue weighted by atomic mass is 10.0. The van der Waals surface area contributed by atoms with Gasteiger partial charge in [0.15, 0.2) is 5.78 Å². The molecule has 3 aromatic rings. The van der Waals surface area contributed by atoms with Gasteiger partial charge in [-0.1, -0.05) is 42.5 Å². The molecular formula is C22H23N3O3. The fourth-order valence-electron chi connectivity index (χ4n) is 3.03. The number of aryl methyl sites for hydroxylation is 1. The van der Waals surface area contributed by atoms with Crippen LogP contribution in [0.2, 0.25) is 0 Å². The van der Waals surface area contributed by atoms with Gasteiger partial charge >= 0.3 is 0 Å². The summed E-state index contributed by atoms with van der Waals surface area (Å²) in [7, 11) is 0. The maximum absolute atomic E-state index is 12.9. The van der Waals surface area contributed by atoms with Gasteiger partial charge < -0.3 is 10.4 Å². The lowest BCUT2D eigenvalue weighted by Gasteiger charge is -2.16. The van der Waals surface area contributed by atoms with Crippen molar-refractivity contribution < 1.29 is 9.90 Å². The first-order chi connectivity index (χ1) is 13.4. The number of carbonyl (C=O) groups is 1. The van der Waals surface area contributed by atoms with Crippen LogP contribution in [0, 0.1) is 0 Å². The summed E-state index contributed by atoms with van der Waals surface area (Å²) in [5, 5.41) is 17.2. The van der Waals surface area contributed by atoms with E-state index in [1.807, 2.05) is 37.3 Å². The number of aliphatic hydroxyl groups excluding tert-OH is 1. The maximum Gasteiger partial charge on any atom is 0.291 e. The van der Waals surface area contributed by atoms with Gasteiger partial charge in [0.2, 0.25) is 0 Å². The number of nitrogens with zero attached hydrogens (tertiary/aromatic N) is 2. The van der Waals surface area contributed by atoms with Crippen LogP contribution in [-0.2, 0) is 6.54 Å². The average molecular weight is 377 g/mol. The average Bonchev–Trinajstić information content (AvgIpc) is 2.70. The standard InChI is InChI=1S/C22H23N3O3/c1-4-25-22(28)21(23-18-12-10-16(11-13-18)14(2)26)19(15(3)27)20(24-25)17-8-6-5-7-9-17/h5-14,23,26H,4H2,1-3H3. The summed E-state index contributed by atoms with van der Waals surface area (Å²) in [5.74, 6) is -0.241. The highest BCUT2D eigenvalue weighted by Gasteiger charge is 2.21. The normalized spacial score (nSPS) is 11.9. The van der Waals surface area contributed by atoms with Gasteiger partial charge in [-0.2, -0.15) is 5.10 Å². The SMILES string of the molecule is CCn1nc(-c2ccccc2)c(C(C)=O)c(Nc2ccc(C(C)O)cc2)c1=O. The van der Waals surface area contributed by atoms with E-state index < -0.39 is 6.10 Å². The number of hydrogen-bond donors (Lipinski definition) is 2. The number of hydrogen-bond acceptors (Lipinski definition) is 5. The number of carbonyl (C=O) groups excluding carboxylic acids is 1. The first kappa shape index (κ1) is 19.5. The molecule has 0 saturated carbocycles. The van der Waals surface area contributed by atoms with Gasteiger partial charge in [0.25, 0.3) is 5.56 Å². The molecular weight excluding hydrogens is 354 g/mol. The molecule has 1 atom stereocenters. The van der Waals surface area contributed by atoms with Crippen molar-refractivity contribution in [3.05, 3.63) is 76.1 Å². The van der Waals surface area contributed by atoms with Gasteiger partial charge in [-0.25, -0.2) is 4.68 Å². The van der Waals surface area contributed by atoms with Crippen molar-refractivity contribution in [3.63, 3.8) is 0 Å². The lowest BCUT2D eigenvalue weighted by Crippen LogP contribution is -2.28. The molecule has 0 aliphatic rings. The molecule has 2 N–H and O–H groups in total. The first-order valence-electron chi connectivity index (χ1n) is 9.19.